The van der Waals surface area contributed by atoms with E-state index < -0.39 is 0 Å². The fourth-order valence-corrected chi connectivity index (χ4v) is 2.58. The number of rotatable bonds is 8. The van der Waals surface area contributed by atoms with Gasteiger partial charge in [-0.05, 0) is 38.0 Å². The molecule has 1 N–H and O–H groups in total. The third kappa shape index (κ3) is 5.00. The summed E-state index contributed by atoms with van der Waals surface area (Å²) in [5.74, 6) is 1.34. The number of methoxy groups -OCH3 is 1. The topological polar surface area (TPSA) is 49.2 Å². The van der Waals surface area contributed by atoms with Crippen LogP contribution in [0.1, 0.15) is 30.1 Å². The lowest BCUT2D eigenvalue weighted by Crippen LogP contribution is -3.14. The number of unbranched alkanes of at least 4 members (excludes halogenated alkanes) is 1. The molecule has 0 bridgehead atoms. The number of carbonyl (C=O) groups excluding carboxylic acids is 1. The van der Waals surface area contributed by atoms with Gasteiger partial charge in [-0.1, -0.05) is 0 Å². The van der Waals surface area contributed by atoms with Crippen molar-refractivity contribution in [1.82, 2.24) is 0 Å². The number of carbonyl (C=O) groups is 1. The number of quaternary nitrogens is 1. The van der Waals surface area contributed by atoms with Gasteiger partial charge in [0.05, 0.1) is 33.5 Å². The Morgan fingerprint density at radius 2 is 2.00 bits per heavy atom. The van der Waals surface area contributed by atoms with E-state index in [-0.39, 0.29) is 5.78 Å². The maximum atomic E-state index is 11.4. The van der Waals surface area contributed by atoms with Gasteiger partial charge < -0.3 is 19.1 Å². The van der Waals surface area contributed by atoms with Gasteiger partial charge in [0.25, 0.3) is 0 Å². The number of morpholine rings is 1. The third-order valence-corrected chi connectivity index (χ3v) is 3.95. The number of hydrogen-bond donors (Lipinski definition) is 1. The van der Waals surface area contributed by atoms with Gasteiger partial charge in [0.2, 0.25) is 0 Å². The zero-order valence-corrected chi connectivity index (χ0v) is 13.5. The molecule has 1 aliphatic rings. The first kappa shape index (κ1) is 16.8. The van der Waals surface area contributed by atoms with E-state index in [1.807, 2.05) is 6.07 Å². The highest BCUT2D eigenvalue weighted by Gasteiger charge is 2.13. The highest BCUT2D eigenvalue weighted by atomic mass is 16.5. The highest BCUT2D eigenvalue weighted by molar-refractivity contribution is 5.94. The lowest BCUT2D eigenvalue weighted by Gasteiger charge is -2.23. The average Bonchev–Trinajstić information content (AvgIpc) is 2.55. The quantitative estimate of drug-likeness (QED) is 0.574. The molecular formula is C17H26NO4+. The van der Waals surface area contributed by atoms with Crippen molar-refractivity contribution in [2.45, 2.75) is 19.8 Å². The van der Waals surface area contributed by atoms with Crippen molar-refractivity contribution in [2.24, 2.45) is 0 Å². The summed E-state index contributed by atoms with van der Waals surface area (Å²) in [6.07, 6.45) is 2.16. The van der Waals surface area contributed by atoms with Crippen molar-refractivity contribution in [3.63, 3.8) is 0 Å². The smallest absolute Gasteiger partial charge is 0.161 e. The molecule has 5 heteroatoms. The molecule has 5 nitrogen and oxygen atoms in total. The molecular weight excluding hydrogens is 282 g/mol. The van der Waals surface area contributed by atoms with Crippen LogP contribution in [0.15, 0.2) is 18.2 Å². The zero-order chi connectivity index (χ0) is 15.8. The van der Waals surface area contributed by atoms with Crippen LogP contribution in [0, 0.1) is 0 Å². The van der Waals surface area contributed by atoms with Crippen LogP contribution in [0.5, 0.6) is 11.5 Å². The van der Waals surface area contributed by atoms with E-state index in [1.54, 1.807) is 31.1 Å². The maximum Gasteiger partial charge on any atom is 0.161 e. The minimum Gasteiger partial charge on any atom is -0.493 e. The molecule has 1 aromatic carbocycles. The molecule has 1 saturated heterocycles. The minimum absolute atomic E-state index is 0.0262. The summed E-state index contributed by atoms with van der Waals surface area (Å²) in [6, 6.07) is 5.32. The van der Waals surface area contributed by atoms with Crippen molar-refractivity contribution in [1.29, 1.82) is 0 Å². The van der Waals surface area contributed by atoms with Crippen LogP contribution in [0.4, 0.5) is 0 Å². The number of nitrogens with one attached hydrogen (secondary N) is 1. The minimum atomic E-state index is 0.0262. The Morgan fingerprint density at radius 1 is 1.23 bits per heavy atom. The Labute approximate surface area is 132 Å². The zero-order valence-electron chi connectivity index (χ0n) is 13.5. The molecule has 0 saturated carbocycles. The lowest BCUT2D eigenvalue weighted by molar-refractivity contribution is -0.908. The second-order valence-electron chi connectivity index (χ2n) is 5.59. The van der Waals surface area contributed by atoms with Crippen LogP contribution >= 0.6 is 0 Å². The summed E-state index contributed by atoms with van der Waals surface area (Å²) in [7, 11) is 1.59. The molecule has 1 aliphatic heterocycles. The number of ether oxygens (including phenoxy) is 3. The first-order valence-electron chi connectivity index (χ1n) is 7.94. The van der Waals surface area contributed by atoms with Crippen molar-refractivity contribution in [3.05, 3.63) is 23.8 Å². The Balaban J connectivity index is 1.73. The number of benzene rings is 1. The highest BCUT2D eigenvalue weighted by Crippen LogP contribution is 2.28. The molecule has 1 aromatic rings. The second kappa shape index (κ2) is 8.76. The van der Waals surface area contributed by atoms with E-state index in [0.29, 0.717) is 23.7 Å². The summed E-state index contributed by atoms with van der Waals surface area (Å²) in [5, 5.41) is 0. The summed E-state index contributed by atoms with van der Waals surface area (Å²) in [4.78, 5) is 13.0. The summed E-state index contributed by atoms with van der Waals surface area (Å²) >= 11 is 0. The molecule has 0 unspecified atom stereocenters. The van der Waals surface area contributed by atoms with E-state index in [4.69, 9.17) is 14.2 Å². The predicted octanol–water partition coefficient (Wildman–Crippen LogP) is 0.972. The normalized spacial score (nSPS) is 15.5. The third-order valence-electron chi connectivity index (χ3n) is 3.95. The Morgan fingerprint density at radius 3 is 2.68 bits per heavy atom. The molecule has 0 aliphatic carbocycles. The summed E-state index contributed by atoms with van der Waals surface area (Å²) in [6.45, 7) is 7.37. The van der Waals surface area contributed by atoms with Gasteiger partial charge in [0.1, 0.15) is 13.1 Å². The van der Waals surface area contributed by atoms with Crippen LogP contribution in [-0.4, -0.2) is 52.3 Å². The Bertz CT molecular complexity index is 484. The van der Waals surface area contributed by atoms with E-state index in [0.717, 1.165) is 39.1 Å². The van der Waals surface area contributed by atoms with Crippen molar-refractivity contribution in [2.75, 3.05) is 46.6 Å². The van der Waals surface area contributed by atoms with E-state index >= 15 is 0 Å². The molecule has 0 radical (unpaired) electrons. The SMILES string of the molecule is COc1cc(C(C)=O)ccc1OCCCC[NH+]1CCOCC1. The predicted molar refractivity (Wildman–Crippen MR) is 84.1 cm³/mol. The van der Waals surface area contributed by atoms with Gasteiger partial charge in [-0.25, -0.2) is 0 Å². The summed E-state index contributed by atoms with van der Waals surface area (Å²) in [5.41, 5.74) is 0.639. The Kier molecular flexibility index (Phi) is 6.68. The Hall–Kier alpha value is -1.59. The number of ketones is 1. The van der Waals surface area contributed by atoms with Gasteiger partial charge in [-0.2, -0.15) is 0 Å². The van der Waals surface area contributed by atoms with Gasteiger partial charge in [0, 0.05) is 5.56 Å². The number of hydrogen-bond acceptors (Lipinski definition) is 4. The molecule has 0 aromatic heterocycles. The number of Topliss-reactive ketones (excluding diaryl/α,β-unsaturated/α-hetero) is 1. The van der Waals surface area contributed by atoms with Gasteiger partial charge >= 0.3 is 0 Å². The summed E-state index contributed by atoms with van der Waals surface area (Å²) < 4.78 is 16.4. The van der Waals surface area contributed by atoms with Crippen molar-refractivity contribution >= 4 is 5.78 Å². The van der Waals surface area contributed by atoms with Gasteiger partial charge in [-0.15, -0.1) is 0 Å². The fraction of sp³-hybridized carbons (Fsp3) is 0.588. The van der Waals surface area contributed by atoms with Crippen LogP contribution in [0.3, 0.4) is 0 Å². The van der Waals surface area contributed by atoms with Crippen LogP contribution in [0.2, 0.25) is 0 Å². The molecule has 1 fully saturated rings. The fourth-order valence-electron chi connectivity index (χ4n) is 2.58. The van der Waals surface area contributed by atoms with Crippen LogP contribution in [-0.2, 0) is 4.74 Å². The molecule has 2 rings (SSSR count). The largest absolute Gasteiger partial charge is 0.493 e. The molecule has 1 heterocycles. The molecule has 22 heavy (non-hydrogen) atoms. The van der Waals surface area contributed by atoms with Gasteiger partial charge in [-0.3, -0.25) is 4.79 Å². The van der Waals surface area contributed by atoms with E-state index in [9.17, 15) is 4.79 Å². The van der Waals surface area contributed by atoms with Crippen molar-refractivity contribution < 1.29 is 23.9 Å². The monoisotopic (exact) mass is 308 g/mol. The first-order valence-corrected chi connectivity index (χ1v) is 7.94. The maximum absolute atomic E-state index is 11.4. The molecule has 0 atom stereocenters. The van der Waals surface area contributed by atoms with Crippen molar-refractivity contribution in [3.8, 4) is 11.5 Å². The first-order chi connectivity index (χ1) is 10.7. The van der Waals surface area contributed by atoms with Gasteiger partial charge in [0.15, 0.2) is 17.3 Å². The lowest BCUT2D eigenvalue weighted by atomic mass is 10.1. The van der Waals surface area contributed by atoms with E-state index in [1.165, 1.54) is 6.54 Å². The standard InChI is InChI=1S/C17H25NO4/c1-14(19)15-5-6-16(17(13-15)20-2)22-10-4-3-7-18-8-11-21-12-9-18/h5-6,13H,3-4,7-12H2,1-2H3/p+1. The van der Waals surface area contributed by atoms with Crippen LogP contribution in [0.25, 0.3) is 0 Å². The van der Waals surface area contributed by atoms with E-state index in [2.05, 4.69) is 0 Å². The average molecular weight is 308 g/mol. The molecule has 0 amide bonds. The molecule has 0 spiro atoms. The molecule has 122 valence electrons. The second-order valence-corrected chi connectivity index (χ2v) is 5.59. The van der Waals surface area contributed by atoms with Crippen LogP contribution < -0.4 is 14.4 Å².